The van der Waals surface area contributed by atoms with Gasteiger partial charge in [-0.2, -0.15) is 0 Å². The van der Waals surface area contributed by atoms with Gasteiger partial charge < -0.3 is 23.8 Å². The van der Waals surface area contributed by atoms with E-state index in [-0.39, 0.29) is 6.04 Å². The topological polar surface area (TPSA) is 57.2 Å². The van der Waals surface area contributed by atoms with E-state index in [1.54, 1.807) is 40.4 Å². The molecule has 1 atom stereocenters. The Bertz CT molecular complexity index is 747. The highest BCUT2D eigenvalue weighted by Gasteiger charge is 2.19. The summed E-state index contributed by atoms with van der Waals surface area (Å²) in [4.78, 5) is 13.1. The second-order valence-electron chi connectivity index (χ2n) is 5.79. The first-order valence-corrected chi connectivity index (χ1v) is 8.18. The Kier molecular flexibility index (Phi) is 6.72. The summed E-state index contributed by atoms with van der Waals surface area (Å²) in [6.07, 6.45) is 1.44. The van der Waals surface area contributed by atoms with Crippen molar-refractivity contribution in [2.75, 3.05) is 35.5 Å². The van der Waals surface area contributed by atoms with Gasteiger partial charge in [-0.15, -0.1) is 0 Å². The Balaban J connectivity index is 2.38. The molecule has 0 fully saturated rings. The highest BCUT2D eigenvalue weighted by atomic mass is 16.5. The highest BCUT2D eigenvalue weighted by Crippen LogP contribution is 2.34. The number of amides is 1. The summed E-state index contributed by atoms with van der Waals surface area (Å²) in [7, 11) is 8.15. The molecule has 0 radical (unpaired) electrons. The molecule has 0 saturated heterocycles. The van der Waals surface area contributed by atoms with Crippen molar-refractivity contribution in [3.8, 4) is 23.0 Å². The van der Waals surface area contributed by atoms with Crippen LogP contribution in [0.1, 0.15) is 17.2 Å². The zero-order valence-electron chi connectivity index (χ0n) is 15.8. The maximum absolute atomic E-state index is 11.4. The van der Waals surface area contributed by atoms with Crippen LogP contribution in [-0.4, -0.2) is 46.8 Å². The summed E-state index contributed by atoms with van der Waals surface area (Å²) >= 11 is 0. The third-order valence-corrected chi connectivity index (χ3v) is 4.33. The lowest BCUT2D eigenvalue weighted by Gasteiger charge is -2.26. The molecule has 0 N–H and O–H groups in total. The van der Waals surface area contributed by atoms with Gasteiger partial charge in [0.1, 0.15) is 0 Å². The van der Waals surface area contributed by atoms with E-state index in [9.17, 15) is 4.79 Å². The average molecular weight is 359 g/mol. The van der Waals surface area contributed by atoms with Crippen LogP contribution in [-0.2, 0) is 11.2 Å². The van der Waals surface area contributed by atoms with E-state index in [2.05, 4.69) is 0 Å². The van der Waals surface area contributed by atoms with Crippen molar-refractivity contribution in [1.29, 1.82) is 0 Å². The molecule has 0 aliphatic rings. The Morgan fingerprint density at radius 2 is 1.38 bits per heavy atom. The SMILES string of the molecule is COc1ccc(CC(c2ccc(OC)c(OC)c2)N(C)C=O)cc1OC. The minimum Gasteiger partial charge on any atom is -0.493 e. The molecule has 2 aromatic carbocycles. The molecule has 0 saturated carbocycles. The maximum atomic E-state index is 11.4. The van der Waals surface area contributed by atoms with Crippen LogP contribution in [0.2, 0.25) is 0 Å². The van der Waals surface area contributed by atoms with Gasteiger partial charge in [0.25, 0.3) is 0 Å². The first kappa shape index (κ1) is 19.4. The number of nitrogens with zero attached hydrogens (tertiary/aromatic N) is 1. The number of benzene rings is 2. The lowest BCUT2D eigenvalue weighted by Crippen LogP contribution is -2.25. The Morgan fingerprint density at radius 1 is 0.846 bits per heavy atom. The minimum atomic E-state index is -0.162. The molecule has 2 rings (SSSR count). The summed E-state index contributed by atoms with van der Waals surface area (Å²) in [6.45, 7) is 0. The molecular formula is C20H25NO5. The van der Waals surface area contributed by atoms with Crippen LogP contribution >= 0.6 is 0 Å². The van der Waals surface area contributed by atoms with Crippen LogP contribution in [0.15, 0.2) is 36.4 Å². The summed E-state index contributed by atoms with van der Waals surface area (Å²) in [5.74, 6) is 2.60. The molecular weight excluding hydrogens is 334 g/mol. The van der Waals surface area contributed by atoms with Crippen LogP contribution in [0, 0.1) is 0 Å². The van der Waals surface area contributed by atoms with Crippen molar-refractivity contribution < 1.29 is 23.7 Å². The maximum Gasteiger partial charge on any atom is 0.209 e. The first-order valence-electron chi connectivity index (χ1n) is 8.18. The molecule has 140 valence electrons. The van der Waals surface area contributed by atoms with Gasteiger partial charge in [-0.25, -0.2) is 0 Å². The molecule has 0 aliphatic carbocycles. The molecule has 0 heterocycles. The Hall–Kier alpha value is -2.89. The van der Waals surface area contributed by atoms with Crippen molar-refractivity contribution in [1.82, 2.24) is 4.90 Å². The van der Waals surface area contributed by atoms with Crippen molar-refractivity contribution >= 4 is 6.41 Å². The smallest absolute Gasteiger partial charge is 0.209 e. The van der Waals surface area contributed by atoms with E-state index < -0.39 is 0 Å². The van der Waals surface area contributed by atoms with E-state index in [1.165, 1.54) is 0 Å². The molecule has 0 spiro atoms. The van der Waals surface area contributed by atoms with Gasteiger partial charge in [0.15, 0.2) is 23.0 Å². The fourth-order valence-corrected chi connectivity index (χ4v) is 2.86. The molecule has 0 aromatic heterocycles. The summed E-state index contributed by atoms with van der Waals surface area (Å²) in [5, 5.41) is 0. The van der Waals surface area contributed by atoms with Gasteiger partial charge in [0.05, 0.1) is 34.5 Å². The number of hydrogen-bond donors (Lipinski definition) is 0. The number of carbonyl (C=O) groups excluding carboxylic acids is 1. The monoisotopic (exact) mass is 359 g/mol. The summed E-state index contributed by atoms with van der Waals surface area (Å²) < 4.78 is 21.3. The molecule has 0 aliphatic heterocycles. The number of methoxy groups -OCH3 is 4. The van der Waals surface area contributed by atoms with Crippen LogP contribution < -0.4 is 18.9 Å². The highest BCUT2D eigenvalue weighted by molar-refractivity contribution is 5.51. The van der Waals surface area contributed by atoms with E-state index >= 15 is 0 Å². The predicted octanol–water partition coefficient (Wildman–Crippen LogP) is 3.09. The zero-order valence-corrected chi connectivity index (χ0v) is 15.8. The van der Waals surface area contributed by atoms with Gasteiger partial charge in [-0.05, 0) is 41.8 Å². The molecule has 1 amide bonds. The van der Waals surface area contributed by atoms with Crippen LogP contribution in [0.3, 0.4) is 0 Å². The van der Waals surface area contributed by atoms with Crippen LogP contribution in [0.4, 0.5) is 0 Å². The third-order valence-electron chi connectivity index (χ3n) is 4.33. The second-order valence-corrected chi connectivity index (χ2v) is 5.79. The number of rotatable bonds is 9. The molecule has 26 heavy (non-hydrogen) atoms. The number of ether oxygens (including phenoxy) is 4. The summed E-state index contributed by atoms with van der Waals surface area (Å²) in [6, 6.07) is 11.3. The number of carbonyl (C=O) groups is 1. The molecule has 1 unspecified atom stereocenters. The van der Waals surface area contributed by atoms with Crippen molar-refractivity contribution in [2.24, 2.45) is 0 Å². The summed E-state index contributed by atoms with van der Waals surface area (Å²) in [5.41, 5.74) is 1.98. The average Bonchev–Trinajstić information content (AvgIpc) is 2.70. The first-order chi connectivity index (χ1) is 12.6. The Labute approximate surface area is 154 Å². The number of hydrogen-bond acceptors (Lipinski definition) is 5. The third kappa shape index (κ3) is 4.20. The van der Waals surface area contributed by atoms with E-state index in [4.69, 9.17) is 18.9 Å². The van der Waals surface area contributed by atoms with Gasteiger partial charge >= 0.3 is 0 Å². The Morgan fingerprint density at radius 3 is 1.92 bits per heavy atom. The zero-order chi connectivity index (χ0) is 19.1. The van der Waals surface area contributed by atoms with Gasteiger partial charge in [0, 0.05) is 7.05 Å². The van der Waals surface area contributed by atoms with Crippen molar-refractivity contribution in [3.63, 3.8) is 0 Å². The molecule has 6 heteroatoms. The quantitative estimate of drug-likeness (QED) is 0.644. The van der Waals surface area contributed by atoms with Crippen LogP contribution in [0.25, 0.3) is 0 Å². The van der Waals surface area contributed by atoms with E-state index in [0.29, 0.717) is 29.4 Å². The lowest BCUT2D eigenvalue weighted by molar-refractivity contribution is -0.118. The van der Waals surface area contributed by atoms with Gasteiger partial charge in [-0.1, -0.05) is 12.1 Å². The lowest BCUT2D eigenvalue weighted by atomic mass is 9.97. The minimum absolute atomic E-state index is 0.162. The largest absolute Gasteiger partial charge is 0.493 e. The van der Waals surface area contributed by atoms with Crippen molar-refractivity contribution in [3.05, 3.63) is 47.5 Å². The van der Waals surface area contributed by atoms with Gasteiger partial charge in [-0.3, -0.25) is 4.79 Å². The molecule has 2 aromatic rings. The van der Waals surface area contributed by atoms with Crippen LogP contribution in [0.5, 0.6) is 23.0 Å². The van der Waals surface area contributed by atoms with E-state index in [0.717, 1.165) is 17.5 Å². The fourth-order valence-electron chi connectivity index (χ4n) is 2.86. The normalized spacial score (nSPS) is 11.4. The number of likely N-dealkylation sites (N-methyl/N-ethyl adjacent to an activating group) is 1. The van der Waals surface area contributed by atoms with Crippen molar-refractivity contribution in [2.45, 2.75) is 12.5 Å². The standard InChI is InChI=1S/C20H25NO5/c1-21(13-22)16(15-7-9-18(24-3)20(12-15)26-5)10-14-6-8-17(23-2)19(11-14)25-4/h6-9,11-13,16H,10H2,1-5H3. The molecule has 0 bridgehead atoms. The predicted molar refractivity (Wildman–Crippen MR) is 99.4 cm³/mol. The van der Waals surface area contributed by atoms with Gasteiger partial charge in [0.2, 0.25) is 6.41 Å². The van der Waals surface area contributed by atoms with E-state index in [1.807, 2.05) is 36.4 Å². The fraction of sp³-hybridized carbons (Fsp3) is 0.350. The second kappa shape index (κ2) is 8.99. The molecule has 6 nitrogen and oxygen atoms in total.